The fourth-order valence-electron chi connectivity index (χ4n) is 1.73. The van der Waals surface area contributed by atoms with Gasteiger partial charge in [0.15, 0.2) is 0 Å². The first-order chi connectivity index (χ1) is 9.79. The quantitative estimate of drug-likeness (QED) is 0.777. The monoisotopic (exact) mass is 369 g/mol. The Hall–Kier alpha value is -1.33. The molecule has 1 N–H and O–H groups in total. The Labute approximate surface area is 138 Å². The fourth-order valence-corrected chi connectivity index (χ4v) is 2.28. The normalized spacial score (nSPS) is 11.3. The van der Waals surface area contributed by atoms with Gasteiger partial charge in [-0.25, -0.2) is 9.97 Å². The first-order valence-electron chi connectivity index (χ1n) is 6.45. The Morgan fingerprint density at radius 2 is 1.90 bits per heavy atom. The van der Waals surface area contributed by atoms with Crippen LogP contribution in [-0.4, -0.2) is 17.1 Å². The lowest BCUT2D eigenvalue weighted by atomic mass is 9.96. The topological polar surface area (TPSA) is 47.0 Å². The van der Waals surface area contributed by atoms with E-state index < -0.39 is 0 Å². The van der Waals surface area contributed by atoms with Gasteiger partial charge in [-0.3, -0.25) is 0 Å². The van der Waals surface area contributed by atoms with Gasteiger partial charge in [-0.1, -0.05) is 48.3 Å². The number of rotatable bonds is 3. The standard InChI is InChI=1S/C15H17BrClN3O/c1-15(2,3)14-19-12(17)8-13(20-14)18-10-7-9(16)5-6-11(10)21-4/h5-8H,1-4H3,(H,18,19,20). The minimum Gasteiger partial charge on any atom is -0.495 e. The van der Waals surface area contributed by atoms with Crippen molar-refractivity contribution in [3.8, 4) is 5.75 Å². The van der Waals surface area contributed by atoms with Gasteiger partial charge in [-0.2, -0.15) is 0 Å². The minimum absolute atomic E-state index is 0.178. The van der Waals surface area contributed by atoms with E-state index in [1.54, 1.807) is 13.2 Å². The third kappa shape index (κ3) is 4.08. The van der Waals surface area contributed by atoms with Gasteiger partial charge in [0.1, 0.15) is 22.5 Å². The van der Waals surface area contributed by atoms with Crippen molar-refractivity contribution in [2.24, 2.45) is 0 Å². The van der Waals surface area contributed by atoms with Crippen molar-refractivity contribution in [1.29, 1.82) is 0 Å². The molecule has 0 unspecified atom stereocenters. The van der Waals surface area contributed by atoms with E-state index in [2.05, 4.69) is 31.2 Å². The summed E-state index contributed by atoms with van der Waals surface area (Å²) in [4.78, 5) is 8.81. The molecular formula is C15H17BrClN3O. The predicted octanol–water partition coefficient (Wildman–Crippen LogP) is 4.94. The van der Waals surface area contributed by atoms with E-state index in [-0.39, 0.29) is 5.41 Å². The van der Waals surface area contributed by atoms with Crippen LogP contribution in [0.2, 0.25) is 5.15 Å². The molecule has 0 atom stereocenters. The highest BCUT2D eigenvalue weighted by atomic mass is 79.9. The highest BCUT2D eigenvalue weighted by molar-refractivity contribution is 9.10. The molecule has 0 aliphatic carbocycles. The molecule has 0 aliphatic rings. The molecule has 4 nitrogen and oxygen atoms in total. The van der Waals surface area contributed by atoms with Crippen molar-refractivity contribution in [3.63, 3.8) is 0 Å². The number of anilines is 2. The van der Waals surface area contributed by atoms with Gasteiger partial charge >= 0.3 is 0 Å². The van der Waals surface area contributed by atoms with Crippen LogP contribution in [0.25, 0.3) is 0 Å². The number of nitrogens with one attached hydrogen (secondary N) is 1. The molecule has 0 bridgehead atoms. The van der Waals surface area contributed by atoms with Crippen LogP contribution >= 0.6 is 27.5 Å². The molecule has 0 saturated carbocycles. The molecule has 6 heteroatoms. The highest BCUT2D eigenvalue weighted by Gasteiger charge is 2.19. The molecule has 0 saturated heterocycles. The van der Waals surface area contributed by atoms with Crippen molar-refractivity contribution in [2.75, 3.05) is 12.4 Å². The Morgan fingerprint density at radius 1 is 1.19 bits per heavy atom. The lowest BCUT2D eigenvalue weighted by Crippen LogP contribution is -2.16. The summed E-state index contributed by atoms with van der Waals surface area (Å²) in [5.74, 6) is 2.05. The van der Waals surface area contributed by atoms with E-state index in [1.807, 2.05) is 39.0 Å². The van der Waals surface area contributed by atoms with E-state index >= 15 is 0 Å². The van der Waals surface area contributed by atoms with Gasteiger partial charge in [0, 0.05) is 16.0 Å². The maximum absolute atomic E-state index is 6.10. The molecule has 21 heavy (non-hydrogen) atoms. The van der Waals surface area contributed by atoms with Crippen LogP contribution in [0.15, 0.2) is 28.7 Å². The van der Waals surface area contributed by atoms with Crippen LogP contribution in [-0.2, 0) is 5.41 Å². The Morgan fingerprint density at radius 3 is 2.52 bits per heavy atom. The number of halogens is 2. The number of methoxy groups -OCH3 is 1. The molecule has 0 spiro atoms. The Bertz CT molecular complexity index is 656. The van der Waals surface area contributed by atoms with Gasteiger partial charge < -0.3 is 10.1 Å². The number of hydrogen-bond acceptors (Lipinski definition) is 4. The molecule has 0 amide bonds. The minimum atomic E-state index is -0.178. The van der Waals surface area contributed by atoms with Crippen molar-refractivity contribution in [1.82, 2.24) is 9.97 Å². The zero-order valence-corrected chi connectivity index (χ0v) is 14.7. The average Bonchev–Trinajstić information content (AvgIpc) is 2.37. The van der Waals surface area contributed by atoms with Crippen LogP contribution in [0.4, 0.5) is 11.5 Å². The molecule has 0 radical (unpaired) electrons. The van der Waals surface area contributed by atoms with Gasteiger partial charge in [0.05, 0.1) is 12.8 Å². The lowest BCUT2D eigenvalue weighted by Gasteiger charge is -2.18. The highest BCUT2D eigenvalue weighted by Crippen LogP contribution is 2.31. The second kappa shape index (κ2) is 6.20. The van der Waals surface area contributed by atoms with Gasteiger partial charge in [-0.05, 0) is 18.2 Å². The Kier molecular flexibility index (Phi) is 4.74. The molecular weight excluding hydrogens is 354 g/mol. The summed E-state index contributed by atoms with van der Waals surface area (Å²) in [5.41, 5.74) is 0.629. The van der Waals surface area contributed by atoms with Gasteiger partial charge in [0.25, 0.3) is 0 Å². The number of nitrogens with zero attached hydrogens (tertiary/aromatic N) is 2. The average molecular weight is 371 g/mol. The first kappa shape index (κ1) is 16.0. The second-order valence-corrected chi connectivity index (χ2v) is 6.92. The summed E-state index contributed by atoms with van der Waals surface area (Å²) in [6, 6.07) is 7.40. The summed E-state index contributed by atoms with van der Waals surface area (Å²) in [6.45, 7) is 6.13. The largest absolute Gasteiger partial charge is 0.495 e. The number of aromatic nitrogens is 2. The SMILES string of the molecule is COc1ccc(Br)cc1Nc1cc(Cl)nc(C(C)(C)C)n1. The van der Waals surface area contributed by atoms with Gasteiger partial charge in [0.2, 0.25) is 0 Å². The van der Waals surface area contributed by atoms with Crippen LogP contribution in [0.5, 0.6) is 5.75 Å². The Balaban J connectivity index is 2.40. The molecule has 112 valence electrons. The zero-order chi connectivity index (χ0) is 15.6. The van der Waals surface area contributed by atoms with E-state index in [0.29, 0.717) is 16.8 Å². The summed E-state index contributed by atoms with van der Waals surface area (Å²) in [7, 11) is 1.63. The molecule has 2 rings (SSSR count). The number of ether oxygens (including phenoxy) is 1. The molecule has 0 aliphatic heterocycles. The van der Waals surface area contributed by atoms with Crippen molar-refractivity contribution >= 4 is 39.0 Å². The third-order valence-corrected chi connectivity index (χ3v) is 3.48. The molecule has 1 aromatic heterocycles. The number of benzene rings is 1. The first-order valence-corrected chi connectivity index (χ1v) is 7.62. The van der Waals surface area contributed by atoms with Crippen LogP contribution < -0.4 is 10.1 Å². The summed E-state index contributed by atoms with van der Waals surface area (Å²) in [6.07, 6.45) is 0. The molecule has 2 aromatic rings. The molecule has 1 aromatic carbocycles. The summed E-state index contributed by atoms with van der Waals surface area (Å²) < 4.78 is 6.29. The van der Waals surface area contributed by atoms with Crippen LogP contribution in [0.1, 0.15) is 26.6 Å². The second-order valence-electron chi connectivity index (χ2n) is 5.62. The third-order valence-electron chi connectivity index (χ3n) is 2.79. The smallest absolute Gasteiger partial charge is 0.142 e. The number of hydrogen-bond donors (Lipinski definition) is 1. The summed E-state index contributed by atoms with van der Waals surface area (Å²) in [5, 5.41) is 3.64. The summed E-state index contributed by atoms with van der Waals surface area (Å²) >= 11 is 9.54. The molecule has 0 fully saturated rings. The van der Waals surface area contributed by atoms with Crippen LogP contribution in [0, 0.1) is 0 Å². The van der Waals surface area contributed by atoms with E-state index in [1.165, 1.54) is 0 Å². The molecule has 1 heterocycles. The van der Waals surface area contributed by atoms with Crippen molar-refractivity contribution < 1.29 is 4.74 Å². The van der Waals surface area contributed by atoms with E-state index in [4.69, 9.17) is 16.3 Å². The van der Waals surface area contributed by atoms with E-state index in [9.17, 15) is 0 Å². The van der Waals surface area contributed by atoms with Crippen LogP contribution in [0.3, 0.4) is 0 Å². The van der Waals surface area contributed by atoms with Crippen molar-refractivity contribution in [2.45, 2.75) is 26.2 Å². The van der Waals surface area contributed by atoms with Crippen molar-refractivity contribution in [3.05, 3.63) is 39.7 Å². The maximum Gasteiger partial charge on any atom is 0.142 e. The van der Waals surface area contributed by atoms with E-state index in [0.717, 1.165) is 15.9 Å². The fraction of sp³-hybridized carbons (Fsp3) is 0.333. The lowest BCUT2D eigenvalue weighted by molar-refractivity contribution is 0.416. The zero-order valence-electron chi connectivity index (χ0n) is 12.4. The van der Waals surface area contributed by atoms with Gasteiger partial charge in [-0.15, -0.1) is 0 Å². The maximum atomic E-state index is 6.10. The predicted molar refractivity (Wildman–Crippen MR) is 89.7 cm³/mol.